The van der Waals surface area contributed by atoms with Gasteiger partial charge in [-0.1, -0.05) is 5.57 Å². The Morgan fingerprint density at radius 1 is 1.47 bits per heavy atom. The highest BCUT2D eigenvalue weighted by atomic mass is 32.2. The first kappa shape index (κ1) is 12.8. The molecule has 96 valence electrons. The largest absolute Gasteiger partial charge is 0.381 e. The van der Waals surface area contributed by atoms with Crippen molar-refractivity contribution >= 4 is 16.6 Å². The van der Waals surface area contributed by atoms with Crippen LogP contribution in [0.25, 0.3) is 0 Å². The Morgan fingerprint density at radius 2 is 2.18 bits per heavy atom. The molecule has 0 spiro atoms. The highest BCUT2D eigenvalue weighted by Gasteiger charge is 2.25. The van der Waals surface area contributed by atoms with Crippen molar-refractivity contribution in [2.75, 3.05) is 26.0 Å². The van der Waals surface area contributed by atoms with Crippen molar-refractivity contribution in [2.45, 2.75) is 32.2 Å². The second kappa shape index (κ2) is 5.78. The van der Waals surface area contributed by atoms with Gasteiger partial charge >= 0.3 is 0 Å². The van der Waals surface area contributed by atoms with Gasteiger partial charge in [-0.25, -0.2) is 0 Å². The molecule has 2 aliphatic rings. The molecule has 0 radical (unpaired) electrons. The van der Waals surface area contributed by atoms with Crippen LogP contribution in [0.2, 0.25) is 0 Å². The molecule has 1 saturated heterocycles. The number of ether oxygens (including phenoxy) is 1. The topological polar surface area (TPSA) is 50.7 Å². The van der Waals surface area contributed by atoms with Gasteiger partial charge in [0.05, 0.1) is 15.7 Å². The quantitative estimate of drug-likeness (QED) is 0.597. The van der Waals surface area contributed by atoms with Gasteiger partial charge in [0, 0.05) is 32.1 Å². The summed E-state index contributed by atoms with van der Waals surface area (Å²) >= 11 is 0. The Balaban J connectivity index is 2.06. The number of nitrogens with zero attached hydrogens (tertiary/aromatic N) is 1. The van der Waals surface area contributed by atoms with Gasteiger partial charge in [-0.2, -0.15) is 0 Å². The average molecular weight is 256 g/mol. The fourth-order valence-corrected chi connectivity index (χ4v) is 3.78. The van der Waals surface area contributed by atoms with E-state index in [0.717, 1.165) is 49.0 Å². The Kier molecular flexibility index (Phi) is 4.34. The molecule has 17 heavy (non-hydrogen) atoms. The molecule has 4 nitrogen and oxygen atoms in total. The number of allylic oxidation sites excluding steroid dienone is 1. The third-order valence-corrected chi connectivity index (χ3v) is 4.85. The second-order valence-electron chi connectivity index (χ2n) is 4.51. The van der Waals surface area contributed by atoms with E-state index in [-0.39, 0.29) is 0 Å². The predicted octanol–water partition coefficient (Wildman–Crippen LogP) is 1.21. The summed E-state index contributed by atoms with van der Waals surface area (Å²) in [6.45, 7) is 3.66. The van der Waals surface area contributed by atoms with E-state index in [1.54, 1.807) is 7.05 Å². The van der Waals surface area contributed by atoms with Crippen molar-refractivity contribution in [2.24, 2.45) is 4.99 Å². The molecule has 0 aliphatic carbocycles. The molecule has 5 heteroatoms. The van der Waals surface area contributed by atoms with Crippen molar-refractivity contribution in [1.29, 1.82) is 0 Å². The summed E-state index contributed by atoms with van der Waals surface area (Å²) in [6, 6.07) is 0.403. The van der Waals surface area contributed by atoms with Crippen molar-refractivity contribution in [1.82, 2.24) is 5.32 Å². The minimum atomic E-state index is -0.870. The maximum Gasteiger partial charge on any atom is 0.137 e. The van der Waals surface area contributed by atoms with Crippen molar-refractivity contribution in [3.8, 4) is 0 Å². The first-order valence-corrected chi connectivity index (χ1v) is 7.44. The molecule has 1 atom stereocenters. The van der Waals surface area contributed by atoms with E-state index in [1.807, 2.05) is 0 Å². The summed E-state index contributed by atoms with van der Waals surface area (Å²) in [5.41, 5.74) is 1.21. The number of hydrogen-bond donors (Lipinski definition) is 1. The first-order valence-electron chi connectivity index (χ1n) is 6.12. The molecule has 2 aliphatic heterocycles. The summed E-state index contributed by atoms with van der Waals surface area (Å²) in [5, 5.41) is 3.43. The summed E-state index contributed by atoms with van der Waals surface area (Å²) in [6.07, 6.45) is 2.92. The van der Waals surface area contributed by atoms with Crippen LogP contribution < -0.4 is 5.32 Å². The van der Waals surface area contributed by atoms with Crippen molar-refractivity contribution in [3.63, 3.8) is 0 Å². The molecule has 1 N–H and O–H groups in total. The molecular formula is C12H20N2O2S. The van der Waals surface area contributed by atoms with Crippen LogP contribution >= 0.6 is 0 Å². The molecule has 0 aromatic rings. The first-order chi connectivity index (χ1) is 8.22. The van der Waals surface area contributed by atoms with Crippen LogP contribution in [-0.2, 0) is 15.5 Å². The summed E-state index contributed by atoms with van der Waals surface area (Å²) in [4.78, 5) is 5.21. The van der Waals surface area contributed by atoms with Crippen LogP contribution in [0.5, 0.6) is 0 Å². The van der Waals surface area contributed by atoms with E-state index in [1.165, 1.54) is 5.57 Å². The van der Waals surface area contributed by atoms with E-state index < -0.39 is 10.8 Å². The SMILES string of the molecule is CN=C(NC1CCOCC1)C1=C(C)CCS1=O. The Labute approximate surface area is 105 Å². The number of nitrogens with one attached hydrogen (secondary N) is 1. The molecule has 1 fully saturated rings. The zero-order valence-corrected chi connectivity index (χ0v) is 11.3. The standard InChI is InChI=1S/C12H20N2O2S/c1-9-5-8-17(15)11(9)12(13-2)14-10-3-6-16-7-4-10/h10H,3-8H2,1-2H3,(H,13,14). The lowest BCUT2D eigenvalue weighted by atomic mass is 10.1. The molecule has 0 aromatic carbocycles. The van der Waals surface area contributed by atoms with Gasteiger partial charge in [-0.3, -0.25) is 9.20 Å². The molecule has 0 bridgehead atoms. The molecule has 0 saturated carbocycles. The summed E-state index contributed by atoms with van der Waals surface area (Å²) in [7, 11) is 0.891. The van der Waals surface area contributed by atoms with E-state index in [0.29, 0.717) is 6.04 Å². The van der Waals surface area contributed by atoms with Crippen molar-refractivity contribution in [3.05, 3.63) is 10.5 Å². The van der Waals surface area contributed by atoms with Gasteiger partial charge in [0.15, 0.2) is 0 Å². The summed E-state index contributed by atoms with van der Waals surface area (Å²) in [5.74, 6) is 1.57. The van der Waals surface area contributed by atoms with Crippen LogP contribution in [0.4, 0.5) is 0 Å². The maximum atomic E-state index is 11.9. The van der Waals surface area contributed by atoms with E-state index in [2.05, 4.69) is 17.2 Å². The van der Waals surface area contributed by atoms with Gasteiger partial charge in [0.25, 0.3) is 0 Å². The third kappa shape index (κ3) is 2.96. The molecule has 1 unspecified atom stereocenters. The second-order valence-corrected chi connectivity index (χ2v) is 6.02. The number of aliphatic imine (C=N–C) groups is 1. The van der Waals surface area contributed by atoms with Crippen LogP contribution in [-0.4, -0.2) is 42.1 Å². The van der Waals surface area contributed by atoms with Gasteiger partial charge in [-0.15, -0.1) is 0 Å². The van der Waals surface area contributed by atoms with Crippen LogP contribution in [0, 0.1) is 0 Å². The van der Waals surface area contributed by atoms with Gasteiger partial charge in [-0.05, 0) is 26.2 Å². The molecule has 0 amide bonds. The zero-order chi connectivity index (χ0) is 12.3. The Bertz CT molecular complexity index is 371. The molecule has 0 aromatic heterocycles. The summed E-state index contributed by atoms with van der Waals surface area (Å²) < 4.78 is 17.3. The molecule has 2 rings (SSSR count). The third-order valence-electron chi connectivity index (χ3n) is 3.28. The number of hydrogen-bond acceptors (Lipinski definition) is 3. The van der Waals surface area contributed by atoms with Crippen LogP contribution in [0.1, 0.15) is 26.2 Å². The lowest BCUT2D eigenvalue weighted by Gasteiger charge is -2.25. The van der Waals surface area contributed by atoms with Crippen molar-refractivity contribution < 1.29 is 8.95 Å². The van der Waals surface area contributed by atoms with E-state index >= 15 is 0 Å². The Morgan fingerprint density at radius 3 is 2.71 bits per heavy atom. The predicted molar refractivity (Wildman–Crippen MR) is 70.7 cm³/mol. The Hall–Kier alpha value is -0.680. The zero-order valence-electron chi connectivity index (χ0n) is 10.5. The highest BCUT2D eigenvalue weighted by molar-refractivity contribution is 7.90. The monoisotopic (exact) mass is 256 g/mol. The van der Waals surface area contributed by atoms with Gasteiger partial charge in [0.2, 0.25) is 0 Å². The van der Waals surface area contributed by atoms with Gasteiger partial charge < -0.3 is 10.1 Å². The fourth-order valence-electron chi connectivity index (χ4n) is 2.23. The average Bonchev–Trinajstić information content (AvgIpc) is 2.68. The molecule has 2 heterocycles. The number of amidine groups is 1. The molecular weight excluding hydrogens is 236 g/mol. The lowest BCUT2D eigenvalue weighted by Crippen LogP contribution is -2.40. The fraction of sp³-hybridized carbons (Fsp3) is 0.750. The smallest absolute Gasteiger partial charge is 0.137 e. The minimum absolute atomic E-state index is 0.403. The highest BCUT2D eigenvalue weighted by Crippen LogP contribution is 2.23. The number of rotatable bonds is 2. The van der Waals surface area contributed by atoms with Gasteiger partial charge in [0.1, 0.15) is 5.84 Å². The van der Waals surface area contributed by atoms with E-state index in [4.69, 9.17) is 4.74 Å². The van der Waals surface area contributed by atoms with E-state index in [9.17, 15) is 4.21 Å². The van der Waals surface area contributed by atoms with Crippen LogP contribution in [0.15, 0.2) is 15.5 Å². The lowest BCUT2D eigenvalue weighted by molar-refractivity contribution is 0.0825. The minimum Gasteiger partial charge on any atom is -0.381 e. The normalized spacial score (nSPS) is 27.6. The van der Waals surface area contributed by atoms with Crippen LogP contribution in [0.3, 0.4) is 0 Å². The maximum absolute atomic E-state index is 11.9.